The lowest BCUT2D eigenvalue weighted by Crippen LogP contribution is -2.37. The van der Waals surface area contributed by atoms with Crippen molar-refractivity contribution >= 4 is 6.09 Å². The zero-order valence-corrected chi connectivity index (χ0v) is 20.7. The van der Waals surface area contributed by atoms with E-state index in [4.69, 9.17) is 9.72 Å². The zero-order valence-electron chi connectivity index (χ0n) is 20.7. The van der Waals surface area contributed by atoms with Crippen molar-refractivity contribution in [1.82, 2.24) is 19.9 Å². The minimum Gasteiger partial charge on any atom is -0.444 e. The summed E-state index contributed by atoms with van der Waals surface area (Å²) in [4.78, 5) is 40.2. The fraction of sp³-hybridized carbons (Fsp3) is 0.630. The molecule has 2 aliphatic carbocycles. The number of carbonyl (C=O) groups excluding carboxylic acids is 1. The molecule has 0 atom stereocenters. The van der Waals surface area contributed by atoms with E-state index >= 15 is 0 Å². The molecule has 1 N–H and O–H groups in total. The van der Waals surface area contributed by atoms with E-state index < -0.39 is 5.60 Å². The molecule has 1 amide bonds. The van der Waals surface area contributed by atoms with Crippen LogP contribution in [-0.4, -0.2) is 38.1 Å². The Kier molecular flexibility index (Phi) is 5.98. The van der Waals surface area contributed by atoms with E-state index in [-0.39, 0.29) is 23.6 Å². The first-order chi connectivity index (χ1) is 16.2. The van der Waals surface area contributed by atoms with Gasteiger partial charge in [0.15, 0.2) is 0 Å². The normalized spacial score (nSPS) is 20.4. The van der Waals surface area contributed by atoms with Gasteiger partial charge in [0.05, 0.1) is 23.2 Å². The smallest absolute Gasteiger partial charge is 0.410 e. The van der Waals surface area contributed by atoms with Gasteiger partial charge in [-0.25, -0.2) is 9.78 Å². The standard InChI is InChI=1S/C27H36N4O3/c1-26(2,3)34-25(33)31-13-7-10-22-21(17-31)23(32)30-24(29-22)27(11-12-27)20-14-19(15-28-16-20)18-8-5-4-6-9-18/h14-16,18H,4-13,17H2,1-3H3,(H,29,30,32). The van der Waals surface area contributed by atoms with Gasteiger partial charge in [-0.15, -0.1) is 0 Å². The fourth-order valence-corrected chi connectivity index (χ4v) is 5.50. The average Bonchev–Trinajstić information content (AvgIpc) is 3.63. The minimum absolute atomic E-state index is 0.141. The molecule has 0 spiro atoms. The van der Waals surface area contributed by atoms with Crippen LogP contribution in [0.2, 0.25) is 0 Å². The van der Waals surface area contributed by atoms with Crippen molar-refractivity contribution in [2.45, 2.75) is 102 Å². The molecule has 2 aromatic heterocycles. The van der Waals surface area contributed by atoms with Crippen LogP contribution in [0.5, 0.6) is 0 Å². The summed E-state index contributed by atoms with van der Waals surface area (Å²) in [5.74, 6) is 1.35. The summed E-state index contributed by atoms with van der Waals surface area (Å²) >= 11 is 0. The van der Waals surface area contributed by atoms with Crippen molar-refractivity contribution in [3.8, 4) is 0 Å². The number of H-pyrrole nitrogens is 1. The van der Waals surface area contributed by atoms with Crippen LogP contribution in [0.4, 0.5) is 4.79 Å². The molecular formula is C27H36N4O3. The minimum atomic E-state index is -0.570. The van der Waals surface area contributed by atoms with E-state index in [0.717, 1.165) is 30.8 Å². The molecule has 1 aliphatic heterocycles. The summed E-state index contributed by atoms with van der Waals surface area (Å²) < 4.78 is 5.54. The molecular weight excluding hydrogens is 428 g/mol. The van der Waals surface area contributed by atoms with Gasteiger partial charge in [-0.2, -0.15) is 0 Å². The van der Waals surface area contributed by atoms with Crippen molar-refractivity contribution in [3.63, 3.8) is 0 Å². The lowest BCUT2D eigenvalue weighted by Gasteiger charge is -2.26. The maximum Gasteiger partial charge on any atom is 0.410 e. The molecule has 7 heteroatoms. The third-order valence-corrected chi connectivity index (χ3v) is 7.54. The number of aryl methyl sites for hydroxylation is 1. The third kappa shape index (κ3) is 4.62. The van der Waals surface area contributed by atoms with Gasteiger partial charge in [0.1, 0.15) is 11.4 Å². The first-order valence-electron chi connectivity index (χ1n) is 12.8. The Balaban J connectivity index is 1.42. The van der Waals surface area contributed by atoms with Crippen LogP contribution < -0.4 is 5.56 Å². The second-order valence-corrected chi connectivity index (χ2v) is 11.3. The number of ether oxygens (including phenoxy) is 1. The molecule has 182 valence electrons. The number of aromatic nitrogens is 3. The van der Waals surface area contributed by atoms with Gasteiger partial charge >= 0.3 is 6.09 Å². The average molecular weight is 465 g/mol. The largest absolute Gasteiger partial charge is 0.444 e. The molecule has 0 aromatic carbocycles. The number of aromatic amines is 1. The molecule has 3 aliphatic rings. The number of amides is 1. The number of hydrogen-bond donors (Lipinski definition) is 1. The van der Waals surface area contributed by atoms with Crippen LogP contribution in [-0.2, 0) is 23.1 Å². The summed E-state index contributed by atoms with van der Waals surface area (Å²) in [6.45, 7) is 6.34. The third-order valence-electron chi connectivity index (χ3n) is 7.54. The van der Waals surface area contributed by atoms with E-state index in [9.17, 15) is 9.59 Å². The van der Waals surface area contributed by atoms with Gasteiger partial charge in [0.2, 0.25) is 0 Å². The molecule has 5 rings (SSSR count). The summed E-state index contributed by atoms with van der Waals surface area (Å²) in [7, 11) is 0. The van der Waals surface area contributed by atoms with Crippen LogP contribution in [0, 0.1) is 0 Å². The van der Waals surface area contributed by atoms with Gasteiger partial charge < -0.3 is 14.6 Å². The second-order valence-electron chi connectivity index (χ2n) is 11.3. The number of hydrogen-bond acceptors (Lipinski definition) is 5. The number of nitrogens with one attached hydrogen (secondary N) is 1. The summed E-state index contributed by atoms with van der Waals surface area (Å²) in [6.07, 6.45) is 13.4. The SMILES string of the molecule is CC(C)(C)OC(=O)N1CCCc2nc(C3(c4cncc(C5CCCCC5)c4)CC3)[nH]c(=O)c2C1. The zero-order chi connectivity index (χ0) is 23.9. The maximum absolute atomic E-state index is 13.2. The van der Waals surface area contributed by atoms with Gasteiger partial charge in [-0.3, -0.25) is 9.78 Å². The molecule has 7 nitrogen and oxygen atoms in total. The van der Waals surface area contributed by atoms with Crippen LogP contribution in [0.25, 0.3) is 0 Å². The molecule has 34 heavy (non-hydrogen) atoms. The highest BCUT2D eigenvalue weighted by Crippen LogP contribution is 2.52. The first kappa shape index (κ1) is 23.1. The van der Waals surface area contributed by atoms with E-state index in [0.29, 0.717) is 24.4 Å². The lowest BCUT2D eigenvalue weighted by molar-refractivity contribution is 0.0236. The van der Waals surface area contributed by atoms with Gasteiger partial charge in [-0.05, 0) is 76.3 Å². The molecule has 0 radical (unpaired) electrons. The van der Waals surface area contributed by atoms with Crippen molar-refractivity contribution in [1.29, 1.82) is 0 Å². The number of pyridine rings is 1. The molecule has 2 aromatic rings. The predicted octanol–water partition coefficient (Wildman–Crippen LogP) is 4.98. The highest BCUT2D eigenvalue weighted by molar-refractivity contribution is 5.68. The van der Waals surface area contributed by atoms with Crippen LogP contribution >= 0.6 is 0 Å². The van der Waals surface area contributed by atoms with E-state index in [1.807, 2.05) is 33.2 Å². The monoisotopic (exact) mass is 464 g/mol. The first-order valence-corrected chi connectivity index (χ1v) is 12.8. The van der Waals surface area contributed by atoms with E-state index in [2.05, 4.69) is 16.0 Å². The fourth-order valence-electron chi connectivity index (χ4n) is 5.50. The van der Waals surface area contributed by atoms with Crippen molar-refractivity contribution < 1.29 is 9.53 Å². The van der Waals surface area contributed by atoms with Crippen LogP contribution in [0.1, 0.15) is 106 Å². The second kappa shape index (κ2) is 8.82. The van der Waals surface area contributed by atoms with Crippen molar-refractivity contribution in [3.05, 3.63) is 57.0 Å². The Morgan fingerprint density at radius 2 is 1.91 bits per heavy atom. The van der Waals surface area contributed by atoms with Crippen molar-refractivity contribution in [2.75, 3.05) is 6.54 Å². The number of rotatable bonds is 3. The highest BCUT2D eigenvalue weighted by Gasteiger charge is 2.49. The Bertz CT molecular complexity index is 1120. The predicted molar refractivity (Wildman–Crippen MR) is 130 cm³/mol. The number of nitrogens with zero attached hydrogens (tertiary/aromatic N) is 3. The Morgan fingerprint density at radius 1 is 1.15 bits per heavy atom. The highest BCUT2D eigenvalue weighted by atomic mass is 16.6. The molecule has 0 unspecified atom stereocenters. The molecule has 2 saturated carbocycles. The molecule has 0 saturated heterocycles. The molecule has 0 bridgehead atoms. The molecule has 2 fully saturated rings. The van der Waals surface area contributed by atoms with Crippen LogP contribution in [0.3, 0.4) is 0 Å². The van der Waals surface area contributed by atoms with Gasteiger partial charge in [-0.1, -0.05) is 25.3 Å². The number of fused-ring (bicyclic) bond motifs is 1. The van der Waals surface area contributed by atoms with E-state index in [1.165, 1.54) is 43.2 Å². The maximum atomic E-state index is 13.2. The number of carbonyl (C=O) groups is 1. The summed E-state index contributed by atoms with van der Waals surface area (Å²) in [5.41, 5.74) is 2.93. The quantitative estimate of drug-likeness (QED) is 0.692. The van der Waals surface area contributed by atoms with Crippen molar-refractivity contribution in [2.24, 2.45) is 0 Å². The molecule has 3 heterocycles. The van der Waals surface area contributed by atoms with Gasteiger partial charge in [0, 0.05) is 18.9 Å². The summed E-state index contributed by atoms with van der Waals surface area (Å²) in [6, 6.07) is 2.31. The van der Waals surface area contributed by atoms with Crippen LogP contribution in [0.15, 0.2) is 23.3 Å². The topological polar surface area (TPSA) is 88.2 Å². The Labute approximate surface area is 201 Å². The summed E-state index contributed by atoms with van der Waals surface area (Å²) in [5, 5.41) is 0. The Morgan fingerprint density at radius 3 is 2.62 bits per heavy atom. The lowest BCUT2D eigenvalue weighted by atomic mass is 9.83. The Hall–Kier alpha value is -2.70. The van der Waals surface area contributed by atoms with E-state index in [1.54, 1.807) is 4.90 Å². The van der Waals surface area contributed by atoms with Gasteiger partial charge in [0.25, 0.3) is 5.56 Å².